The van der Waals surface area contributed by atoms with Crippen LogP contribution < -0.4 is 9.47 Å². The van der Waals surface area contributed by atoms with Crippen LogP contribution >= 0.6 is 0 Å². The molecule has 128 valence electrons. The molecule has 2 aromatic carbocycles. The molecule has 0 saturated heterocycles. The lowest BCUT2D eigenvalue weighted by Crippen LogP contribution is -2.31. The maximum absolute atomic E-state index is 13.9. The Hall–Kier alpha value is -2.19. The molecular formula is C16H15F2NO4S. The molecular weight excluding hydrogens is 340 g/mol. The molecule has 5 nitrogen and oxygen atoms in total. The SMILES string of the molecule is CCN(Cc1ccc2c(c1)OCO2)S(=O)(=O)c1ccc(F)cc1F. The van der Waals surface area contributed by atoms with Crippen LogP contribution in [0.1, 0.15) is 12.5 Å². The van der Waals surface area contributed by atoms with E-state index in [1.807, 2.05) is 0 Å². The predicted molar refractivity (Wildman–Crippen MR) is 82.2 cm³/mol. The lowest BCUT2D eigenvalue weighted by atomic mass is 10.2. The van der Waals surface area contributed by atoms with Gasteiger partial charge in [0.2, 0.25) is 16.8 Å². The monoisotopic (exact) mass is 355 g/mol. The summed E-state index contributed by atoms with van der Waals surface area (Å²) in [5.74, 6) is -0.812. The molecule has 0 saturated carbocycles. The Morgan fingerprint density at radius 2 is 1.83 bits per heavy atom. The van der Waals surface area contributed by atoms with Gasteiger partial charge in [-0.2, -0.15) is 4.31 Å². The fourth-order valence-electron chi connectivity index (χ4n) is 2.43. The van der Waals surface area contributed by atoms with E-state index in [2.05, 4.69) is 0 Å². The number of halogens is 2. The molecule has 0 atom stereocenters. The summed E-state index contributed by atoms with van der Waals surface area (Å²) in [5, 5.41) is 0. The number of hydrogen-bond donors (Lipinski definition) is 0. The van der Waals surface area contributed by atoms with Crippen LogP contribution in [0.3, 0.4) is 0 Å². The van der Waals surface area contributed by atoms with Gasteiger partial charge in [-0.3, -0.25) is 0 Å². The summed E-state index contributed by atoms with van der Waals surface area (Å²) in [6, 6.07) is 7.50. The Bertz CT molecular complexity index is 870. The molecule has 3 rings (SSSR count). The molecule has 0 radical (unpaired) electrons. The molecule has 1 heterocycles. The molecule has 0 bridgehead atoms. The average Bonchev–Trinajstić information content (AvgIpc) is 2.99. The Kier molecular flexibility index (Phi) is 4.42. The number of nitrogens with zero attached hydrogens (tertiary/aromatic N) is 1. The summed E-state index contributed by atoms with van der Waals surface area (Å²) in [6.45, 7) is 1.93. The summed E-state index contributed by atoms with van der Waals surface area (Å²) in [7, 11) is -4.09. The van der Waals surface area contributed by atoms with Crippen molar-refractivity contribution in [2.75, 3.05) is 13.3 Å². The lowest BCUT2D eigenvalue weighted by molar-refractivity contribution is 0.174. The zero-order valence-electron chi connectivity index (χ0n) is 12.8. The molecule has 24 heavy (non-hydrogen) atoms. The highest BCUT2D eigenvalue weighted by atomic mass is 32.2. The maximum Gasteiger partial charge on any atom is 0.246 e. The van der Waals surface area contributed by atoms with E-state index in [1.54, 1.807) is 25.1 Å². The third-order valence-electron chi connectivity index (χ3n) is 3.66. The third-order valence-corrected chi connectivity index (χ3v) is 5.61. The van der Waals surface area contributed by atoms with Crippen molar-refractivity contribution in [2.24, 2.45) is 0 Å². The fourth-order valence-corrected chi connectivity index (χ4v) is 3.92. The molecule has 0 N–H and O–H groups in total. The molecule has 0 fully saturated rings. The average molecular weight is 355 g/mol. The van der Waals surface area contributed by atoms with Crippen molar-refractivity contribution < 1.29 is 26.7 Å². The van der Waals surface area contributed by atoms with Crippen LogP contribution in [0.15, 0.2) is 41.3 Å². The van der Waals surface area contributed by atoms with E-state index in [-0.39, 0.29) is 19.9 Å². The van der Waals surface area contributed by atoms with Crippen LogP contribution in [0.2, 0.25) is 0 Å². The quantitative estimate of drug-likeness (QED) is 0.828. The number of fused-ring (bicyclic) bond motifs is 1. The lowest BCUT2D eigenvalue weighted by Gasteiger charge is -2.21. The second-order valence-corrected chi connectivity index (χ2v) is 7.10. The van der Waals surface area contributed by atoms with Gasteiger partial charge in [-0.15, -0.1) is 0 Å². The van der Waals surface area contributed by atoms with Crippen molar-refractivity contribution in [3.63, 3.8) is 0 Å². The standard InChI is InChI=1S/C16H15F2NO4S/c1-2-19(9-11-3-5-14-15(7-11)23-10-22-14)24(20,21)16-6-4-12(17)8-13(16)18/h3-8H,2,9-10H2,1H3. The van der Waals surface area contributed by atoms with E-state index in [9.17, 15) is 17.2 Å². The number of benzene rings is 2. The molecule has 0 spiro atoms. The summed E-state index contributed by atoms with van der Waals surface area (Å²) in [4.78, 5) is -0.550. The Morgan fingerprint density at radius 3 is 2.54 bits per heavy atom. The Labute approximate surface area is 138 Å². The second-order valence-electron chi connectivity index (χ2n) is 5.19. The van der Waals surface area contributed by atoms with Crippen molar-refractivity contribution in [2.45, 2.75) is 18.4 Å². The normalized spacial score (nSPS) is 13.5. The van der Waals surface area contributed by atoms with Crippen molar-refractivity contribution >= 4 is 10.0 Å². The van der Waals surface area contributed by atoms with E-state index in [0.29, 0.717) is 23.1 Å². The van der Waals surface area contributed by atoms with Gasteiger partial charge in [-0.1, -0.05) is 13.0 Å². The summed E-state index contributed by atoms with van der Waals surface area (Å²) in [6.07, 6.45) is 0. The fraction of sp³-hybridized carbons (Fsp3) is 0.250. The van der Waals surface area contributed by atoms with Crippen LogP contribution in [-0.2, 0) is 16.6 Å². The third kappa shape index (κ3) is 3.07. The van der Waals surface area contributed by atoms with Gasteiger partial charge in [0.15, 0.2) is 11.5 Å². The number of sulfonamides is 1. The molecule has 8 heteroatoms. The zero-order valence-corrected chi connectivity index (χ0v) is 13.6. The van der Waals surface area contributed by atoms with Gasteiger partial charge in [-0.25, -0.2) is 17.2 Å². The topological polar surface area (TPSA) is 55.8 Å². The van der Waals surface area contributed by atoms with Gasteiger partial charge in [0, 0.05) is 19.2 Å². The van der Waals surface area contributed by atoms with E-state index >= 15 is 0 Å². The van der Waals surface area contributed by atoms with E-state index in [4.69, 9.17) is 9.47 Å². The number of rotatable bonds is 5. The van der Waals surface area contributed by atoms with E-state index < -0.39 is 26.6 Å². The molecule has 1 aliphatic rings. The van der Waals surface area contributed by atoms with Gasteiger partial charge in [0.05, 0.1) is 0 Å². The summed E-state index contributed by atoms with van der Waals surface area (Å²) < 4.78 is 63.8. The first-order valence-electron chi connectivity index (χ1n) is 7.25. The predicted octanol–water partition coefficient (Wildman–Crippen LogP) is 2.90. The summed E-state index contributed by atoms with van der Waals surface area (Å²) >= 11 is 0. The van der Waals surface area contributed by atoms with Crippen molar-refractivity contribution in [3.8, 4) is 11.5 Å². The summed E-state index contributed by atoms with van der Waals surface area (Å²) in [5.41, 5.74) is 0.673. The maximum atomic E-state index is 13.9. The molecule has 0 amide bonds. The van der Waals surface area contributed by atoms with Crippen molar-refractivity contribution in [1.29, 1.82) is 0 Å². The van der Waals surface area contributed by atoms with Gasteiger partial charge >= 0.3 is 0 Å². The molecule has 0 unspecified atom stereocenters. The number of hydrogen-bond acceptors (Lipinski definition) is 4. The molecule has 2 aromatic rings. The Balaban J connectivity index is 1.90. The first kappa shape index (κ1) is 16.7. The van der Waals surface area contributed by atoms with Gasteiger partial charge in [-0.05, 0) is 29.8 Å². The zero-order chi connectivity index (χ0) is 17.3. The largest absolute Gasteiger partial charge is 0.454 e. The first-order valence-corrected chi connectivity index (χ1v) is 8.69. The minimum atomic E-state index is -4.09. The van der Waals surface area contributed by atoms with Crippen LogP contribution in [-0.4, -0.2) is 26.1 Å². The molecule has 0 aliphatic carbocycles. The van der Waals surface area contributed by atoms with Crippen molar-refractivity contribution in [1.82, 2.24) is 4.31 Å². The minimum absolute atomic E-state index is 0.0340. The van der Waals surface area contributed by atoms with E-state index in [1.165, 1.54) is 0 Å². The first-order chi connectivity index (χ1) is 11.4. The van der Waals surface area contributed by atoms with Crippen LogP contribution in [0.5, 0.6) is 11.5 Å². The molecule has 0 aromatic heterocycles. The minimum Gasteiger partial charge on any atom is -0.454 e. The van der Waals surface area contributed by atoms with E-state index in [0.717, 1.165) is 16.4 Å². The molecule has 1 aliphatic heterocycles. The van der Waals surface area contributed by atoms with Crippen LogP contribution in [0, 0.1) is 11.6 Å². The second kappa shape index (κ2) is 6.37. The number of ether oxygens (including phenoxy) is 2. The highest BCUT2D eigenvalue weighted by Gasteiger charge is 2.27. The van der Waals surface area contributed by atoms with Gasteiger partial charge in [0.25, 0.3) is 0 Å². The highest BCUT2D eigenvalue weighted by Crippen LogP contribution is 2.33. The van der Waals surface area contributed by atoms with Crippen molar-refractivity contribution in [3.05, 3.63) is 53.6 Å². The smallest absolute Gasteiger partial charge is 0.246 e. The van der Waals surface area contributed by atoms with Crippen LogP contribution in [0.4, 0.5) is 8.78 Å². The highest BCUT2D eigenvalue weighted by molar-refractivity contribution is 7.89. The van der Waals surface area contributed by atoms with Crippen LogP contribution in [0.25, 0.3) is 0 Å². The Morgan fingerprint density at radius 1 is 1.08 bits per heavy atom. The van der Waals surface area contributed by atoms with Gasteiger partial charge in [0.1, 0.15) is 16.5 Å². The van der Waals surface area contributed by atoms with Gasteiger partial charge < -0.3 is 9.47 Å².